The maximum atomic E-state index is 10.8. The van der Waals surface area contributed by atoms with Gasteiger partial charge < -0.3 is 23.7 Å². The van der Waals surface area contributed by atoms with Crippen LogP contribution in [0.5, 0.6) is 0 Å². The zero-order valence-corrected chi connectivity index (χ0v) is 19.4. The van der Waals surface area contributed by atoms with E-state index in [9.17, 15) is 4.79 Å². The molecule has 0 aliphatic carbocycles. The number of carbonyl (C=O) groups is 1. The highest BCUT2D eigenvalue weighted by Crippen LogP contribution is 2.11. The van der Waals surface area contributed by atoms with E-state index in [1.807, 2.05) is 0 Å². The van der Waals surface area contributed by atoms with Gasteiger partial charge in [-0.2, -0.15) is 0 Å². The molecule has 0 aromatic carbocycles. The van der Waals surface area contributed by atoms with Crippen LogP contribution in [0.25, 0.3) is 0 Å². The van der Waals surface area contributed by atoms with Crippen LogP contribution in [0.15, 0.2) is 12.7 Å². The highest BCUT2D eigenvalue weighted by molar-refractivity contribution is 5.81. The van der Waals surface area contributed by atoms with E-state index in [0.717, 1.165) is 19.1 Å². The highest BCUT2D eigenvalue weighted by atomic mass is 16.6. The molecule has 0 N–H and O–H groups in total. The van der Waals surface area contributed by atoms with Crippen LogP contribution in [0.4, 0.5) is 0 Å². The van der Waals surface area contributed by atoms with E-state index in [1.165, 1.54) is 64.2 Å². The fourth-order valence-corrected chi connectivity index (χ4v) is 2.89. The molecule has 0 unspecified atom stereocenters. The molecule has 0 rings (SSSR count). The van der Waals surface area contributed by atoms with Crippen LogP contribution in [-0.2, 0) is 28.5 Å². The second-order valence-corrected chi connectivity index (χ2v) is 7.36. The summed E-state index contributed by atoms with van der Waals surface area (Å²) < 4.78 is 26.5. The van der Waals surface area contributed by atoms with E-state index in [-0.39, 0.29) is 6.61 Å². The molecule has 0 aromatic heterocycles. The lowest BCUT2D eigenvalue weighted by molar-refractivity contribution is -0.139. The lowest BCUT2D eigenvalue weighted by Gasteiger charge is -2.07. The number of unbranched alkanes of at least 4 members (excludes halogenated alkanes) is 10. The molecule has 0 amide bonds. The van der Waals surface area contributed by atoms with Crippen molar-refractivity contribution >= 4 is 5.97 Å². The molecule has 0 spiro atoms. The van der Waals surface area contributed by atoms with Crippen LogP contribution in [0.3, 0.4) is 0 Å². The van der Waals surface area contributed by atoms with Gasteiger partial charge in [0.1, 0.15) is 6.61 Å². The molecule has 178 valence electrons. The van der Waals surface area contributed by atoms with Crippen molar-refractivity contribution in [2.45, 2.75) is 77.6 Å². The van der Waals surface area contributed by atoms with E-state index in [1.54, 1.807) is 0 Å². The van der Waals surface area contributed by atoms with Crippen LogP contribution >= 0.6 is 0 Å². The summed E-state index contributed by atoms with van der Waals surface area (Å²) in [6.45, 7) is 10.3. The molecule has 0 bridgehead atoms. The molecule has 0 aliphatic rings. The van der Waals surface area contributed by atoms with Crippen LogP contribution in [0.1, 0.15) is 77.6 Å². The van der Waals surface area contributed by atoms with Crippen molar-refractivity contribution in [1.82, 2.24) is 0 Å². The topological polar surface area (TPSA) is 63.2 Å². The van der Waals surface area contributed by atoms with E-state index >= 15 is 0 Å². The fraction of sp³-hybridized carbons (Fsp3) is 0.875. The third-order valence-corrected chi connectivity index (χ3v) is 4.65. The predicted molar refractivity (Wildman–Crippen MR) is 121 cm³/mol. The Hall–Kier alpha value is -0.950. The lowest BCUT2D eigenvalue weighted by atomic mass is 10.1. The van der Waals surface area contributed by atoms with Gasteiger partial charge in [-0.25, -0.2) is 4.79 Å². The lowest BCUT2D eigenvalue weighted by Crippen LogP contribution is -2.14. The molecule has 30 heavy (non-hydrogen) atoms. The van der Waals surface area contributed by atoms with E-state index in [0.29, 0.717) is 46.2 Å². The number of carbonyl (C=O) groups excluding carboxylic acids is 1. The molecule has 6 nitrogen and oxygen atoms in total. The molecule has 0 aliphatic heterocycles. The third kappa shape index (κ3) is 25.1. The van der Waals surface area contributed by atoms with Gasteiger partial charge in [0.15, 0.2) is 0 Å². The quantitative estimate of drug-likeness (QED) is 0.114. The van der Waals surface area contributed by atoms with Crippen molar-refractivity contribution in [3.8, 4) is 0 Å². The van der Waals surface area contributed by atoms with Crippen LogP contribution in [0, 0.1) is 0 Å². The van der Waals surface area contributed by atoms with E-state index < -0.39 is 5.97 Å². The number of rotatable bonds is 25. The molecule has 0 radical (unpaired) electrons. The van der Waals surface area contributed by atoms with Gasteiger partial charge in [-0.1, -0.05) is 77.7 Å². The Labute approximate surface area is 184 Å². The summed E-state index contributed by atoms with van der Waals surface area (Å²) in [6, 6.07) is 0. The first-order chi connectivity index (χ1) is 14.8. The molecule has 0 atom stereocenters. The first kappa shape index (κ1) is 29.1. The third-order valence-electron chi connectivity index (χ3n) is 4.65. The van der Waals surface area contributed by atoms with Crippen molar-refractivity contribution in [1.29, 1.82) is 0 Å². The zero-order valence-electron chi connectivity index (χ0n) is 19.4. The van der Waals surface area contributed by atoms with Gasteiger partial charge in [0.25, 0.3) is 0 Å². The highest BCUT2D eigenvalue weighted by Gasteiger charge is 1.96. The minimum absolute atomic E-state index is 0.229. The summed E-state index contributed by atoms with van der Waals surface area (Å²) in [7, 11) is 0. The molecule has 0 heterocycles. The van der Waals surface area contributed by atoms with Crippen molar-refractivity contribution in [3.63, 3.8) is 0 Å². The summed E-state index contributed by atoms with van der Waals surface area (Å²) >= 11 is 0. The maximum Gasteiger partial charge on any atom is 0.330 e. The number of ether oxygens (including phenoxy) is 5. The van der Waals surface area contributed by atoms with Crippen LogP contribution in [-0.4, -0.2) is 65.4 Å². The van der Waals surface area contributed by atoms with Crippen molar-refractivity contribution in [2.24, 2.45) is 0 Å². The predicted octanol–water partition coefficient (Wildman–Crippen LogP) is 5.09. The number of hydrogen-bond donors (Lipinski definition) is 0. The average Bonchev–Trinajstić information content (AvgIpc) is 2.76. The number of hydrogen-bond acceptors (Lipinski definition) is 6. The monoisotopic (exact) mass is 430 g/mol. The van der Waals surface area contributed by atoms with Gasteiger partial charge in [-0.05, 0) is 6.42 Å². The SMILES string of the molecule is C=CC(=O)OCCOCCOCCOCCOCCCCCCCCCCCCC. The summed E-state index contributed by atoms with van der Waals surface area (Å²) in [5.74, 6) is -0.435. The Morgan fingerprint density at radius 1 is 0.567 bits per heavy atom. The molecule has 0 fully saturated rings. The fourth-order valence-electron chi connectivity index (χ4n) is 2.89. The van der Waals surface area contributed by atoms with Crippen molar-refractivity contribution in [3.05, 3.63) is 12.7 Å². The Bertz CT molecular complexity index is 362. The van der Waals surface area contributed by atoms with Gasteiger partial charge >= 0.3 is 5.97 Å². The van der Waals surface area contributed by atoms with Gasteiger partial charge in [0, 0.05) is 12.7 Å². The van der Waals surface area contributed by atoms with E-state index in [2.05, 4.69) is 13.5 Å². The Kier molecular flexibility index (Phi) is 25.3. The van der Waals surface area contributed by atoms with E-state index in [4.69, 9.17) is 23.7 Å². The largest absolute Gasteiger partial charge is 0.460 e. The van der Waals surface area contributed by atoms with Gasteiger partial charge in [-0.15, -0.1) is 0 Å². The second-order valence-electron chi connectivity index (χ2n) is 7.36. The summed E-state index contributed by atoms with van der Waals surface area (Å²) in [4.78, 5) is 10.8. The van der Waals surface area contributed by atoms with Crippen LogP contribution < -0.4 is 0 Å². The standard InChI is InChI=1S/C24H46O6/c1-3-5-6-7-8-9-10-11-12-13-14-15-26-16-17-27-18-19-28-20-21-29-22-23-30-24(25)4-2/h4H,2-3,5-23H2,1H3. The molecule has 0 saturated heterocycles. The first-order valence-electron chi connectivity index (χ1n) is 11.9. The van der Waals surface area contributed by atoms with Crippen molar-refractivity contribution in [2.75, 3.05) is 59.5 Å². The van der Waals surface area contributed by atoms with Crippen molar-refractivity contribution < 1.29 is 28.5 Å². The minimum atomic E-state index is -0.435. The maximum absolute atomic E-state index is 10.8. The normalized spacial score (nSPS) is 11.0. The first-order valence-corrected chi connectivity index (χ1v) is 11.9. The Balaban J connectivity index is 3.02. The van der Waals surface area contributed by atoms with Gasteiger partial charge in [0.05, 0.1) is 46.2 Å². The molecular weight excluding hydrogens is 384 g/mol. The smallest absolute Gasteiger partial charge is 0.330 e. The van der Waals surface area contributed by atoms with Crippen LogP contribution in [0.2, 0.25) is 0 Å². The Morgan fingerprint density at radius 2 is 0.933 bits per heavy atom. The summed E-state index contributed by atoms with van der Waals surface area (Å²) in [6.07, 6.45) is 16.0. The number of esters is 1. The zero-order chi connectivity index (χ0) is 22.0. The minimum Gasteiger partial charge on any atom is -0.460 e. The van der Waals surface area contributed by atoms with Gasteiger partial charge in [-0.3, -0.25) is 0 Å². The summed E-state index contributed by atoms with van der Waals surface area (Å²) in [5, 5.41) is 0. The second kappa shape index (κ2) is 26.1. The Morgan fingerprint density at radius 3 is 1.37 bits per heavy atom. The molecule has 0 saturated carbocycles. The molecular formula is C24H46O6. The van der Waals surface area contributed by atoms with Gasteiger partial charge in [0.2, 0.25) is 0 Å². The average molecular weight is 431 g/mol. The molecule has 6 heteroatoms. The summed E-state index contributed by atoms with van der Waals surface area (Å²) in [5.41, 5.74) is 0. The molecule has 0 aromatic rings.